The van der Waals surface area contributed by atoms with Gasteiger partial charge in [0.2, 0.25) is 0 Å². The van der Waals surface area contributed by atoms with E-state index in [1.165, 1.54) is 0 Å². The molecule has 0 aromatic heterocycles. The summed E-state index contributed by atoms with van der Waals surface area (Å²) in [5.74, 6) is 0. The van der Waals surface area contributed by atoms with Crippen LogP contribution in [0.15, 0.2) is 0 Å². The van der Waals surface area contributed by atoms with Gasteiger partial charge in [-0.15, -0.1) is 0 Å². The highest BCUT2D eigenvalue weighted by Gasteiger charge is 2.57. The summed E-state index contributed by atoms with van der Waals surface area (Å²) >= 11 is 0. The maximum absolute atomic E-state index is 10.8. The van der Waals surface area contributed by atoms with E-state index in [0.29, 0.717) is 0 Å². The lowest BCUT2D eigenvalue weighted by molar-refractivity contribution is -0.271. The van der Waals surface area contributed by atoms with Gasteiger partial charge < -0.3 is 27.5 Å². The summed E-state index contributed by atoms with van der Waals surface area (Å²) in [6.07, 6.45) is -2.58. The molecule has 1 aliphatic heterocycles. The van der Waals surface area contributed by atoms with Crippen LogP contribution in [0, 0.1) is 0 Å². The van der Waals surface area contributed by atoms with Crippen molar-refractivity contribution in [3.63, 3.8) is 0 Å². The average molecular weight is 637 g/mol. The summed E-state index contributed by atoms with van der Waals surface area (Å²) in [5, 5.41) is 10.7. The van der Waals surface area contributed by atoms with Crippen molar-refractivity contribution in [3.8, 4) is 0 Å². The number of aliphatic hydroxyl groups excluding tert-OH is 1. The maximum atomic E-state index is 10.8. The monoisotopic (exact) mass is 636 g/mol. The van der Waals surface area contributed by atoms with E-state index in [9.17, 15) is 5.11 Å². The fourth-order valence-corrected chi connectivity index (χ4v) is 8.57. The Hall–Kier alpha value is 0.628. The summed E-state index contributed by atoms with van der Waals surface area (Å²) in [4.78, 5) is 0. The molecule has 5 atom stereocenters. The number of hydrogen-bond acceptors (Lipinski definition) is 6. The molecule has 0 aromatic carbocycles. The van der Waals surface area contributed by atoms with Crippen LogP contribution in [0.1, 0.15) is 83.1 Å². The van der Waals surface area contributed by atoms with Gasteiger partial charge in [0.25, 0.3) is 0 Å². The molecule has 1 heterocycles. The van der Waals surface area contributed by atoms with E-state index in [2.05, 4.69) is 135 Å². The zero-order chi connectivity index (χ0) is 32.1. The van der Waals surface area contributed by atoms with Crippen molar-refractivity contribution in [2.45, 2.75) is 186 Å². The molecule has 0 saturated carbocycles. The van der Waals surface area contributed by atoms with E-state index in [1.807, 2.05) is 0 Å². The Morgan fingerprint density at radius 3 is 1.05 bits per heavy atom. The minimum absolute atomic E-state index is 0.0142. The third-order valence-electron chi connectivity index (χ3n) is 10.7. The van der Waals surface area contributed by atoms with Gasteiger partial charge >= 0.3 is 0 Å². The zero-order valence-electron chi connectivity index (χ0n) is 30.1. The summed E-state index contributed by atoms with van der Waals surface area (Å²) in [6, 6.07) is 0. The van der Waals surface area contributed by atoms with E-state index < -0.39 is 64.0 Å². The van der Waals surface area contributed by atoms with Crippen LogP contribution >= 0.6 is 0 Å². The number of ether oxygens (including phenoxy) is 1. The molecule has 40 heavy (non-hydrogen) atoms. The van der Waals surface area contributed by atoms with Gasteiger partial charge in [-0.3, -0.25) is 0 Å². The molecule has 1 aliphatic rings. The van der Waals surface area contributed by atoms with E-state index in [1.54, 1.807) is 0 Å². The fraction of sp³-hybridized carbons (Fsp3) is 1.00. The smallest absolute Gasteiger partial charge is 0.195 e. The van der Waals surface area contributed by atoms with Crippen molar-refractivity contribution >= 4 is 33.3 Å². The van der Waals surface area contributed by atoms with Crippen molar-refractivity contribution in [1.82, 2.24) is 0 Å². The lowest BCUT2D eigenvalue weighted by Crippen LogP contribution is -2.69. The Labute approximate surface area is 253 Å². The molecule has 0 aliphatic carbocycles. The molecule has 1 saturated heterocycles. The summed E-state index contributed by atoms with van der Waals surface area (Å²) in [7, 11) is -9.13. The Morgan fingerprint density at radius 2 is 0.750 bits per heavy atom. The summed E-state index contributed by atoms with van der Waals surface area (Å²) < 4.78 is 35.5. The van der Waals surface area contributed by atoms with Gasteiger partial charge in [-0.1, -0.05) is 83.1 Å². The molecule has 6 nitrogen and oxygen atoms in total. The largest absolute Gasteiger partial charge is 0.408 e. The number of rotatable bonds is 9. The molecule has 0 aromatic rings. The van der Waals surface area contributed by atoms with Crippen molar-refractivity contribution in [2.24, 2.45) is 0 Å². The molecule has 1 fully saturated rings. The molecule has 0 radical (unpaired) electrons. The Kier molecular flexibility index (Phi) is 11.8. The molecule has 0 bridgehead atoms. The highest BCUT2D eigenvalue weighted by molar-refractivity contribution is 6.75. The molecular weight excluding hydrogens is 569 g/mol. The average Bonchev–Trinajstić information content (AvgIpc) is 2.68. The Balaban J connectivity index is 3.92. The Bertz CT molecular complexity index is 831. The lowest BCUT2D eigenvalue weighted by atomic mass is 9.99. The highest BCUT2D eigenvalue weighted by atomic mass is 28.4. The maximum Gasteiger partial charge on any atom is 0.195 e. The second-order valence-electron chi connectivity index (χ2n) is 18.1. The molecular formula is C30H68O6Si4. The predicted molar refractivity (Wildman–Crippen MR) is 180 cm³/mol. The molecule has 1 rings (SSSR count). The molecule has 10 heteroatoms. The van der Waals surface area contributed by atoms with Crippen LogP contribution in [0.2, 0.25) is 72.5 Å². The van der Waals surface area contributed by atoms with Crippen molar-refractivity contribution in [2.75, 3.05) is 6.61 Å². The molecule has 1 N–H and O–H groups in total. The van der Waals surface area contributed by atoms with Crippen LogP contribution in [0.5, 0.6) is 0 Å². The first-order valence-corrected chi connectivity index (χ1v) is 26.9. The quantitative estimate of drug-likeness (QED) is 0.255. The van der Waals surface area contributed by atoms with Crippen molar-refractivity contribution < 1.29 is 27.5 Å². The van der Waals surface area contributed by atoms with Gasteiger partial charge in [0.1, 0.15) is 24.4 Å². The molecule has 240 valence electrons. The fourth-order valence-electron chi connectivity index (χ4n) is 3.54. The second-order valence-corrected chi connectivity index (χ2v) is 37.2. The third kappa shape index (κ3) is 8.85. The second kappa shape index (κ2) is 12.2. The first kappa shape index (κ1) is 38.7. The SMILES string of the molecule is CC(C)(C)[Si](C)(C)O[C@@H]1O[C@H](CO)[C@H](O[Si](C)(C)C(C)(C)C)[C@H](O[Si](C)(C)C(C)(C)C)[C@H]1O[Si](C)(C)C(C)(C)C. The first-order valence-electron chi connectivity index (χ1n) is 15.3. The van der Waals surface area contributed by atoms with Crippen LogP contribution in [-0.2, 0) is 22.4 Å². The van der Waals surface area contributed by atoms with Crippen LogP contribution in [0.25, 0.3) is 0 Å². The van der Waals surface area contributed by atoms with Gasteiger partial charge in [0, 0.05) is 0 Å². The molecule has 0 spiro atoms. The van der Waals surface area contributed by atoms with Crippen molar-refractivity contribution in [1.29, 1.82) is 0 Å². The van der Waals surface area contributed by atoms with E-state index in [-0.39, 0.29) is 26.8 Å². The predicted octanol–water partition coefficient (Wildman–Crippen LogP) is 8.90. The lowest BCUT2D eigenvalue weighted by Gasteiger charge is -2.55. The van der Waals surface area contributed by atoms with Gasteiger partial charge in [-0.25, -0.2) is 0 Å². The van der Waals surface area contributed by atoms with Crippen molar-refractivity contribution in [3.05, 3.63) is 0 Å². The normalized spacial score (nSPS) is 26.8. The van der Waals surface area contributed by atoms with Gasteiger partial charge in [0.05, 0.1) is 6.61 Å². The number of hydrogen-bond donors (Lipinski definition) is 1. The minimum atomic E-state index is -2.30. The van der Waals surface area contributed by atoms with E-state index >= 15 is 0 Å². The van der Waals surface area contributed by atoms with Crippen LogP contribution < -0.4 is 0 Å². The minimum Gasteiger partial charge on any atom is -0.408 e. The summed E-state index contributed by atoms with van der Waals surface area (Å²) in [5.41, 5.74) is 0. The standard InChI is InChI=1S/C30H68O6Si4/c1-27(2,3)37(13,14)33-23-22(21-31)32-26(36-40(19,20)30(10,11)12)25(35-39(17,18)29(7,8)9)24(23)34-38(15,16)28(4,5)6/h22-26,31H,21H2,1-20H3/t22-,23+,24+,25-,26+/m1/s1. The van der Waals surface area contributed by atoms with Gasteiger partial charge in [0.15, 0.2) is 39.6 Å². The summed E-state index contributed by atoms with van der Waals surface area (Å²) in [6.45, 7) is 45.0. The van der Waals surface area contributed by atoms with E-state index in [4.69, 9.17) is 22.4 Å². The van der Waals surface area contributed by atoms with Crippen LogP contribution in [0.4, 0.5) is 0 Å². The Morgan fingerprint density at radius 1 is 0.475 bits per heavy atom. The number of aliphatic hydroxyl groups is 1. The first-order chi connectivity index (χ1) is 17.3. The van der Waals surface area contributed by atoms with Crippen LogP contribution in [-0.4, -0.2) is 75.7 Å². The molecule has 0 amide bonds. The van der Waals surface area contributed by atoms with Gasteiger partial charge in [-0.05, 0) is 72.5 Å². The van der Waals surface area contributed by atoms with Crippen LogP contribution in [0.3, 0.4) is 0 Å². The highest BCUT2D eigenvalue weighted by Crippen LogP contribution is 2.47. The topological polar surface area (TPSA) is 66.4 Å². The zero-order valence-corrected chi connectivity index (χ0v) is 34.1. The van der Waals surface area contributed by atoms with Gasteiger partial charge in [-0.2, -0.15) is 0 Å². The van der Waals surface area contributed by atoms with E-state index in [0.717, 1.165) is 0 Å². The third-order valence-corrected chi connectivity index (χ3v) is 28.6. The molecule has 0 unspecified atom stereocenters.